The molecule has 0 bridgehead atoms. The SMILES string of the molecule is Cc1cc([N+](=O)[O-])c(C)cc1OCc1cccc(F)c1Br. The summed E-state index contributed by atoms with van der Waals surface area (Å²) < 4.78 is 19.4. The van der Waals surface area contributed by atoms with Gasteiger partial charge in [-0.25, -0.2) is 4.39 Å². The van der Waals surface area contributed by atoms with Crippen molar-refractivity contribution in [3.63, 3.8) is 0 Å². The smallest absolute Gasteiger partial charge is 0.272 e. The van der Waals surface area contributed by atoms with Gasteiger partial charge in [0, 0.05) is 17.2 Å². The predicted octanol–water partition coefficient (Wildman–Crippen LogP) is 4.69. The van der Waals surface area contributed by atoms with Crippen LogP contribution in [0.15, 0.2) is 34.8 Å². The molecule has 4 nitrogen and oxygen atoms in total. The molecule has 2 aromatic carbocycles. The molecule has 0 fully saturated rings. The lowest BCUT2D eigenvalue weighted by molar-refractivity contribution is -0.385. The van der Waals surface area contributed by atoms with Crippen LogP contribution in [0.25, 0.3) is 0 Å². The van der Waals surface area contributed by atoms with Gasteiger partial charge in [0.2, 0.25) is 0 Å². The maximum absolute atomic E-state index is 13.4. The van der Waals surface area contributed by atoms with Crippen LogP contribution in [0.3, 0.4) is 0 Å². The maximum atomic E-state index is 13.4. The van der Waals surface area contributed by atoms with Gasteiger partial charge in [-0.3, -0.25) is 10.1 Å². The highest BCUT2D eigenvalue weighted by molar-refractivity contribution is 9.10. The van der Waals surface area contributed by atoms with E-state index >= 15 is 0 Å². The van der Waals surface area contributed by atoms with Crippen molar-refractivity contribution in [1.29, 1.82) is 0 Å². The van der Waals surface area contributed by atoms with Crippen LogP contribution in [-0.2, 0) is 6.61 Å². The number of halogens is 2. The van der Waals surface area contributed by atoms with Crippen molar-refractivity contribution >= 4 is 21.6 Å². The van der Waals surface area contributed by atoms with Gasteiger partial charge >= 0.3 is 0 Å². The summed E-state index contributed by atoms with van der Waals surface area (Å²) in [6.45, 7) is 3.57. The van der Waals surface area contributed by atoms with Crippen LogP contribution in [0.4, 0.5) is 10.1 Å². The predicted molar refractivity (Wildman–Crippen MR) is 81.0 cm³/mol. The molecule has 0 saturated carbocycles. The van der Waals surface area contributed by atoms with Gasteiger partial charge in [-0.1, -0.05) is 12.1 Å². The molecule has 0 aliphatic carbocycles. The molecular weight excluding hydrogens is 341 g/mol. The molecule has 6 heteroatoms. The normalized spacial score (nSPS) is 10.5. The largest absolute Gasteiger partial charge is 0.489 e. The lowest BCUT2D eigenvalue weighted by atomic mass is 10.1. The van der Waals surface area contributed by atoms with E-state index in [2.05, 4.69) is 15.9 Å². The number of aryl methyl sites for hydroxylation is 2. The van der Waals surface area contributed by atoms with Crippen LogP contribution in [0.1, 0.15) is 16.7 Å². The van der Waals surface area contributed by atoms with Crippen molar-refractivity contribution in [3.05, 3.63) is 67.4 Å². The minimum absolute atomic E-state index is 0.0618. The molecule has 0 aliphatic heterocycles. The lowest BCUT2D eigenvalue weighted by Crippen LogP contribution is -2.01. The van der Waals surface area contributed by atoms with Crippen molar-refractivity contribution < 1.29 is 14.1 Å². The monoisotopic (exact) mass is 353 g/mol. The van der Waals surface area contributed by atoms with Gasteiger partial charge in [0.15, 0.2) is 0 Å². The van der Waals surface area contributed by atoms with E-state index in [1.165, 1.54) is 12.1 Å². The number of hydrogen-bond donors (Lipinski definition) is 0. The molecule has 0 heterocycles. The van der Waals surface area contributed by atoms with E-state index in [0.717, 1.165) is 0 Å². The minimum atomic E-state index is -0.421. The Morgan fingerprint density at radius 1 is 1.29 bits per heavy atom. The Kier molecular flexibility index (Phi) is 4.57. The third kappa shape index (κ3) is 3.39. The highest BCUT2D eigenvalue weighted by Gasteiger charge is 2.14. The number of ether oxygens (including phenoxy) is 1. The summed E-state index contributed by atoms with van der Waals surface area (Å²) in [6, 6.07) is 7.81. The summed E-state index contributed by atoms with van der Waals surface area (Å²) in [5, 5.41) is 10.9. The van der Waals surface area contributed by atoms with Crippen LogP contribution in [-0.4, -0.2) is 4.92 Å². The molecule has 0 atom stereocenters. The van der Waals surface area contributed by atoms with Gasteiger partial charge < -0.3 is 4.74 Å². The third-order valence-electron chi connectivity index (χ3n) is 3.10. The molecular formula is C15H13BrFNO3. The van der Waals surface area contributed by atoms with Gasteiger partial charge in [-0.05, 0) is 47.5 Å². The molecule has 0 radical (unpaired) electrons. The molecule has 0 saturated heterocycles. The minimum Gasteiger partial charge on any atom is -0.489 e. The highest BCUT2D eigenvalue weighted by atomic mass is 79.9. The van der Waals surface area contributed by atoms with Crippen molar-refractivity contribution in [2.45, 2.75) is 20.5 Å². The summed E-state index contributed by atoms with van der Waals surface area (Å²) in [7, 11) is 0. The molecule has 0 spiro atoms. The van der Waals surface area contributed by atoms with E-state index in [1.807, 2.05) is 0 Å². The van der Waals surface area contributed by atoms with Crippen LogP contribution < -0.4 is 4.74 Å². The first kappa shape index (κ1) is 15.4. The molecule has 110 valence electrons. The van der Waals surface area contributed by atoms with E-state index in [9.17, 15) is 14.5 Å². The fourth-order valence-electron chi connectivity index (χ4n) is 1.94. The Labute approximate surface area is 129 Å². The van der Waals surface area contributed by atoms with Gasteiger partial charge in [0.25, 0.3) is 5.69 Å². The van der Waals surface area contributed by atoms with Crippen molar-refractivity contribution in [1.82, 2.24) is 0 Å². The first-order valence-electron chi connectivity index (χ1n) is 6.21. The standard InChI is InChI=1S/C15H13BrFNO3/c1-9-7-14(10(2)6-13(9)18(19)20)21-8-11-4-3-5-12(17)15(11)16/h3-7H,8H2,1-2H3. The van der Waals surface area contributed by atoms with Crippen LogP contribution in [0.2, 0.25) is 0 Å². The highest BCUT2D eigenvalue weighted by Crippen LogP contribution is 2.29. The zero-order valence-electron chi connectivity index (χ0n) is 11.5. The van der Waals surface area contributed by atoms with Gasteiger partial charge in [-0.2, -0.15) is 0 Å². The van der Waals surface area contributed by atoms with Crippen molar-refractivity contribution in [2.24, 2.45) is 0 Å². The quantitative estimate of drug-likeness (QED) is 0.591. The van der Waals surface area contributed by atoms with Crippen LogP contribution >= 0.6 is 15.9 Å². The number of nitrogens with zero attached hydrogens (tertiary/aromatic N) is 1. The fraction of sp³-hybridized carbons (Fsp3) is 0.200. The number of benzene rings is 2. The maximum Gasteiger partial charge on any atom is 0.272 e. The van der Waals surface area contributed by atoms with Crippen molar-refractivity contribution in [3.8, 4) is 5.75 Å². The second kappa shape index (κ2) is 6.22. The second-order valence-electron chi connectivity index (χ2n) is 4.66. The summed E-state index contributed by atoms with van der Waals surface area (Å²) >= 11 is 3.17. The van der Waals surface area contributed by atoms with E-state index in [0.29, 0.717) is 26.9 Å². The average molecular weight is 354 g/mol. The number of nitro groups is 1. The third-order valence-corrected chi connectivity index (χ3v) is 3.99. The lowest BCUT2D eigenvalue weighted by Gasteiger charge is -2.11. The second-order valence-corrected chi connectivity index (χ2v) is 5.46. The molecule has 0 aromatic heterocycles. The Morgan fingerprint density at radius 2 is 2.00 bits per heavy atom. The molecule has 21 heavy (non-hydrogen) atoms. The summed E-state index contributed by atoms with van der Waals surface area (Å²) in [4.78, 5) is 10.4. The van der Waals surface area contributed by atoms with Gasteiger partial charge in [0.1, 0.15) is 18.2 Å². The summed E-state index contributed by atoms with van der Waals surface area (Å²) in [6.07, 6.45) is 0. The molecule has 0 aliphatic rings. The van der Waals surface area contributed by atoms with Crippen LogP contribution in [0, 0.1) is 29.8 Å². The molecule has 2 rings (SSSR count). The zero-order chi connectivity index (χ0) is 15.6. The van der Waals surface area contributed by atoms with Gasteiger partial charge in [-0.15, -0.1) is 0 Å². The Hall–Kier alpha value is -1.95. The van der Waals surface area contributed by atoms with Crippen molar-refractivity contribution in [2.75, 3.05) is 0 Å². The van der Waals surface area contributed by atoms with Gasteiger partial charge in [0.05, 0.1) is 9.40 Å². The fourth-order valence-corrected chi connectivity index (χ4v) is 2.32. The van der Waals surface area contributed by atoms with E-state index < -0.39 is 4.92 Å². The number of hydrogen-bond acceptors (Lipinski definition) is 3. The average Bonchev–Trinajstić information content (AvgIpc) is 2.43. The molecule has 2 aromatic rings. The van der Waals surface area contributed by atoms with Crippen LogP contribution in [0.5, 0.6) is 5.75 Å². The molecule has 0 unspecified atom stereocenters. The Bertz CT molecular complexity index is 704. The number of rotatable bonds is 4. The van der Waals surface area contributed by atoms with E-state index in [1.54, 1.807) is 32.0 Å². The topological polar surface area (TPSA) is 52.4 Å². The summed E-state index contributed by atoms with van der Waals surface area (Å²) in [5.74, 6) is 0.196. The van der Waals surface area contributed by atoms with E-state index in [4.69, 9.17) is 4.74 Å². The Balaban J connectivity index is 2.23. The first-order valence-corrected chi connectivity index (χ1v) is 7.00. The first-order chi connectivity index (χ1) is 9.90. The van der Waals surface area contributed by atoms with E-state index in [-0.39, 0.29) is 18.1 Å². The Morgan fingerprint density at radius 3 is 2.67 bits per heavy atom. The summed E-state index contributed by atoms with van der Waals surface area (Å²) in [5.41, 5.74) is 1.93. The number of nitro benzene ring substituents is 1. The molecule has 0 N–H and O–H groups in total. The zero-order valence-corrected chi connectivity index (χ0v) is 13.1. The molecule has 0 amide bonds.